The molecule has 0 N–H and O–H groups in total. The summed E-state index contributed by atoms with van der Waals surface area (Å²) in [5, 5.41) is 0. The van der Waals surface area contributed by atoms with Crippen molar-refractivity contribution in [2.24, 2.45) is 0 Å². The molecular weight excluding hydrogens is 889 g/mol. The number of hydrogen-bond acceptors (Lipinski definition) is 6. The Kier molecular flexibility index (Phi) is 56.8. The molecule has 0 aliphatic heterocycles. The summed E-state index contributed by atoms with van der Waals surface area (Å²) < 4.78 is 16.9. The Morgan fingerprint density at radius 2 is 0.542 bits per heavy atom. The third-order valence-electron chi connectivity index (χ3n) is 12.8. The molecule has 1 atom stereocenters. The molecule has 0 spiro atoms. The van der Waals surface area contributed by atoms with Gasteiger partial charge in [-0.25, -0.2) is 0 Å². The highest BCUT2D eigenvalue weighted by Gasteiger charge is 2.19. The van der Waals surface area contributed by atoms with E-state index in [1.165, 1.54) is 122 Å². The Labute approximate surface area is 445 Å². The van der Waals surface area contributed by atoms with E-state index in [9.17, 15) is 14.4 Å². The van der Waals surface area contributed by atoms with Crippen LogP contribution in [0.5, 0.6) is 0 Å². The molecule has 0 aromatic rings. The van der Waals surface area contributed by atoms with Gasteiger partial charge in [0.25, 0.3) is 0 Å². The second-order valence-corrected chi connectivity index (χ2v) is 19.9. The Hall–Kier alpha value is -3.67. The molecule has 0 radical (unpaired) electrons. The molecule has 72 heavy (non-hydrogen) atoms. The molecule has 0 amide bonds. The molecule has 0 aliphatic carbocycles. The average molecular weight is 1000 g/mol. The summed E-state index contributed by atoms with van der Waals surface area (Å²) in [5.41, 5.74) is 0. The smallest absolute Gasteiger partial charge is 0.306 e. The second-order valence-electron chi connectivity index (χ2n) is 19.9. The number of ether oxygens (including phenoxy) is 3. The first kappa shape index (κ1) is 68.3. The number of carbonyl (C=O) groups excluding carboxylic acids is 3. The minimum absolute atomic E-state index is 0.0837. The summed E-state index contributed by atoms with van der Waals surface area (Å²) >= 11 is 0. The van der Waals surface area contributed by atoms with Crippen LogP contribution in [0, 0.1) is 0 Å². The number of hydrogen-bond donors (Lipinski definition) is 0. The lowest BCUT2D eigenvalue weighted by Crippen LogP contribution is -2.30. The van der Waals surface area contributed by atoms with Gasteiger partial charge in [-0.15, -0.1) is 0 Å². The van der Waals surface area contributed by atoms with Crippen molar-refractivity contribution in [1.29, 1.82) is 0 Å². The van der Waals surface area contributed by atoms with Crippen LogP contribution in [0.4, 0.5) is 0 Å². The van der Waals surface area contributed by atoms with Gasteiger partial charge >= 0.3 is 17.9 Å². The minimum atomic E-state index is -0.788. The van der Waals surface area contributed by atoms with Crippen LogP contribution in [0.1, 0.15) is 284 Å². The first-order valence-electron chi connectivity index (χ1n) is 30.2. The Bertz CT molecular complexity index is 1430. The molecule has 0 bridgehead atoms. The van der Waals surface area contributed by atoms with Gasteiger partial charge in [0.15, 0.2) is 6.10 Å². The predicted molar refractivity (Wildman–Crippen MR) is 311 cm³/mol. The van der Waals surface area contributed by atoms with E-state index in [1.54, 1.807) is 0 Å². The first-order chi connectivity index (χ1) is 35.5. The second kappa shape index (κ2) is 59.9. The molecule has 0 saturated heterocycles. The SMILES string of the molecule is CC/C=C\C/C=C\C/C=C\C/C=C\C/C=C\C/C=C\CCCCCCCCC(=O)OCC(COC(=O)CCCCCCCCCCCCCC)OC(=O)CCCCCCCCC/C=C\C/C=C\CCCCC. The van der Waals surface area contributed by atoms with Crippen molar-refractivity contribution in [3.63, 3.8) is 0 Å². The van der Waals surface area contributed by atoms with Gasteiger partial charge in [-0.2, -0.15) is 0 Å². The highest BCUT2D eigenvalue weighted by atomic mass is 16.6. The summed E-state index contributed by atoms with van der Waals surface area (Å²) in [7, 11) is 0. The third kappa shape index (κ3) is 57.2. The largest absolute Gasteiger partial charge is 0.462 e. The van der Waals surface area contributed by atoms with Crippen LogP contribution in [0.2, 0.25) is 0 Å². The Morgan fingerprint density at radius 1 is 0.292 bits per heavy atom. The molecule has 6 nitrogen and oxygen atoms in total. The van der Waals surface area contributed by atoms with Crippen molar-refractivity contribution in [3.05, 3.63) is 97.2 Å². The maximum Gasteiger partial charge on any atom is 0.306 e. The van der Waals surface area contributed by atoms with E-state index in [-0.39, 0.29) is 31.1 Å². The summed E-state index contributed by atoms with van der Waals surface area (Å²) in [4.78, 5) is 38.2. The summed E-state index contributed by atoms with van der Waals surface area (Å²) in [6.45, 7) is 6.49. The molecular formula is C66H112O6. The lowest BCUT2D eigenvalue weighted by Gasteiger charge is -2.18. The third-order valence-corrected chi connectivity index (χ3v) is 12.8. The van der Waals surface area contributed by atoms with Crippen molar-refractivity contribution >= 4 is 17.9 Å². The molecule has 6 heteroatoms. The molecule has 0 heterocycles. The lowest BCUT2D eigenvalue weighted by molar-refractivity contribution is -0.167. The first-order valence-corrected chi connectivity index (χ1v) is 30.2. The van der Waals surface area contributed by atoms with Gasteiger partial charge in [0.2, 0.25) is 0 Å². The van der Waals surface area contributed by atoms with Crippen LogP contribution in [0.3, 0.4) is 0 Å². The monoisotopic (exact) mass is 1000 g/mol. The zero-order valence-corrected chi connectivity index (χ0v) is 47.2. The van der Waals surface area contributed by atoms with E-state index in [0.29, 0.717) is 19.3 Å². The van der Waals surface area contributed by atoms with Crippen LogP contribution in [0.25, 0.3) is 0 Å². The van der Waals surface area contributed by atoms with Crippen LogP contribution in [-0.4, -0.2) is 37.2 Å². The molecule has 0 aliphatic rings. The van der Waals surface area contributed by atoms with E-state index in [2.05, 4.69) is 118 Å². The maximum atomic E-state index is 12.9. The van der Waals surface area contributed by atoms with Gasteiger partial charge in [-0.05, 0) is 103 Å². The van der Waals surface area contributed by atoms with E-state index in [0.717, 1.165) is 122 Å². The van der Waals surface area contributed by atoms with Gasteiger partial charge in [0.1, 0.15) is 13.2 Å². The highest BCUT2D eigenvalue weighted by Crippen LogP contribution is 2.15. The number of unbranched alkanes of at least 4 members (excludes halogenated alkanes) is 27. The van der Waals surface area contributed by atoms with Gasteiger partial charge < -0.3 is 14.2 Å². The molecule has 0 saturated carbocycles. The Balaban J connectivity index is 4.36. The van der Waals surface area contributed by atoms with Crippen molar-refractivity contribution in [3.8, 4) is 0 Å². The molecule has 0 aromatic carbocycles. The normalized spacial score (nSPS) is 12.8. The van der Waals surface area contributed by atoms with Crippen LogP contribution in [-0.2, 0) is 28.6 Å². The van der Waals surface area contributed by atoms with E-state index in [1.807, 2.05) is 0 Å². The van der Waals surface area contributed by atoms with Gasteiger partial charge in [0.05, 0.1) is 0 Å². The fraction of sp³-hybridized carbons (Fsp3) is 0.712. The van der Waals surface area contributed by atoms with Gasteiger partial charge in [-0.1, -0.05) is 259 Å². The van der Waals surface area contributed by atoms with Crippen LogP contribution >= 0.6 is 0 Å². The standard InChI is InChI=1S/C66H112O6/c1-4-7-10-13-16-19-22-25-27-29-30-31-32-33-34-35-36-38-39-41-44-47-50-53-56-59-65(68)71-62-63(61-70-64(67)58-55-52-49-46-43-24-21-18-15-12-9-6-3)72-66(69)60-57-54-51-48-45-42-40-37-28-26-23-20-17-14-11-8-5-2/h7,10,16-17,19-20,25-28,30-31,33-34,36,38,63H,4-6,8-9,11-15,18,21-24,29,32,35,37,39-62H2,1-3H3/b10-7-,19-16-,20-17-,27-25-,28-26-,31-30-,34-33-,38-36-. The molecule has 1 unspecified atom stereocenters. The van der Waals surface area contributed by atoms with E-state index >= 15 is 0 Å². The van der Waals surface area contributed by atoms with Crippen molar-refractivity contribution in [2.45, 2.75) is 290 Å². The molecule has 0 aromatic heterocycles. The highest BCUT2D eigenvalue weighted by molar-refractivity contribution is 5.71. The quantitative estimate of drug-likeness (QED) is 0.0261. The van der Waals surface area contributed by atoms with Crippen molar-refractivity contribution in [1.82, 2.24) is 0 Å². The predicted octanol–water partition coefficient (Wildman–Crippen LogP) is 20.5. The minimum Gasteiger partial charge on any atom is -0.462 e. The number of allylic oxidation sites excluding steroid dienone is 16. The van der Waals surface area contributed by atoms with E-state index < -0.39 is 6.10 Å². The molecule has 0 rings (SSSR count). The van der Waals surface area contributed by atoms with Gasteiger partial charge in [-0.3, -0.25) is 14.4 Å². The number of esters is 3. The zero-order chi connectivity index (χ0) is 52.2. The average Bonchev–Trinajstić information content (AvgIpc) is 3.38. The van der Waals surface area contributed by atoms with Crippen molar-refractivity contribution < 1.29 is 28.6 Å². The summed E-state index contributed by atoms with van der Waals surface area (Å²) in [6.07, 6.45) is 79.7. The fourth-order valence-corrected chi connectivity index (χ4v) is 8.30. The van der Waals surface area contributed by atoms with Crippen LogP contribution in [0.15, 0.2) is 97.2 Å². The van der Waals surface area contributed by atoms with Crippen LogP contribution < -0.4 is 0 Å². The van der Waals surface area contributed by atoms with E-state index in [4.69, 9.17) is 14.2 Å². The topological polar surface area (TPSA) is 78.9 Å². The van der Waals surface area contributed by atoms with Crippen molar-refractivity contribution in [2.75, 3.05) is 13.2 Å². The number of carbonyl (C=O) groups is 3. The number of rotatable bonds is 54. The summed E-state index contributed by atoms with van der Waals surface area (Å²) in [5.74, 6) is -0.900. The molecule has 412 valence electrons. The Morgan fingerprint density at radius 3 is 0.875 bits per heavy atom. The zero-order valence-electron chi connectivity index (χ0n) is 47.2. The van der Waals surface area contributed by atoms with Gasteiger partial charge in [0, 0.05) is 19.3 Å². The molecule has 0 fully saturated rings. The maximum absolute atomic E-state index is 12.9. The fourth-order valence-electron chi connectivity index (χ4n) is 8.30. The lowest BCUT2D eigenvalue weighted by atomic mass is 10.0. The summed E-state index contributed by atoms with van der Waals surface area (Å²) in [6, 6.07) is 0.